The molecule has 0 radical (unpaired) electrons. The Morgan fingerprint density at radius 1 is 0.892 bits per heavy atom. The van der Waals surface area contributed by atoms with Crippen LogP contribution in [0.25, 0.3) is 11.4 Å². The van der Waals surface area contributed by atoms with Crippen LogP contribution in [-0.2, 0) is 42.9 Å². The zero-order chi connectivity index (χ0) is 27.3. The van der Waals surface area contributed by atoms with E-state index in [-0.39, 0.29) is 11.8 Å². The molecule has 0 amide bonds. The molecule has 13 nitrogen and oxygen atoms in total. The number of thioether (sulfide) groups is 1. The Morgan fingerprint density at radius 2 is 1.46 bits per heavy atom. The monoisotopic (exact) mass is 536 g/mol. The number of aryl methyl sites for hydroxylation is 1. The molecule has 1 fully saturated rings. The van der Waals surface area contributed by atoms with Gasteiger partial charge in [-0.25, -0.2) is 4.68 Å². The maximum Gasteiger partial charge on any atom is 0.303 e. The summed E-state index contributed by atoms with van der Waals surface area (Å²) in [6.45, 7) is 6.28. The van der Waals surface area contributed by atoms with Crippen molar-refractivity contribution in [2.45, 2.75) is 69.6 Å². The number of ether oxygens (including phenoxy) is 5. The molecule has 37 heavy (non-hydrogen) atoms. The van der Waals surface area contributed by atoms with Crippen molar-refractivity contribution >= 4 is 35.6 Å². The summed E-state index contributed by atoms with van der Waals surface area (Å²) in [6, 6.07) is 7.48. The fourth-order valence-electron chi connectivity index (χ4n) is 3.64. The normalized spacial score (nSPS) is 23.1. The molecule has 14 heteroatoms. The summed E-state index contributed by atoms with van der Waals surface area (Å²) in [6.07, 6.45) is -4.86. The first-order valence-electron chi connectivity index (χ1n) is 11.2. The van der Waals surface area contributed by atoms with Gasteiger partial charge in [-0.2, -0.15) is 0 Å². The molecule has 0 unspecified atom stereocenters. The number of nitrogens with two attached hydrogens (primary N) is 1. The van der Waals surface area contributed by atoms with Gasteiger partial charge in [0.1, 0.15) is 12.7 Å². The largest absolute Gasteiger partial charge is 0.463 e. The fourth-order valence-corrected chi connectivity index (χ4v) is 4.68. The first-order valence-corrected chi connectivity index (χ1v) is 12.1. The number of nitrogens with zero attached hydrogens (tertiary/aromatic N) is 3. The average molecular weight is 537 g/mol. The standard InChI is InChI=1S/C23H28N4O9S/c1-11-6-8-16(9-7-11)21-25-26-23(27(21)24)37-22-20(35-15(5)31)19(34-14(4)30)18(33-13(3)29)17(36-22)10-32-12(2)28/h6-9,17-20,22H,10,24H2,1-5H3/t17-,18-,19+,20-,22+/m1/s1. The SMILES string of the molecule is CC(=O)OC[C@H]1O[C@@H](Sc2nnc(-c3ccc(C)cc3)n2N)[C@H](OC(C)=O)[C@@H](OC(C)=O)[C@@H]1OC(C)=O. The molecule has 1 aromatic carbocycles. The van der Waals surface area contributed by atoms with Gasteiger partial charge in [0.15, 0.2) is 29.6 Å². The number of aromatic nitrogens is 3. The molecular weight excluding hydrogens is 508 g/mol. The molecule has 3 rings (SSSR count). The Balaban J connectivity index is 1.98. The van der Waals surface area contributed by atoms with Gasteiger partial charge in [-0.15, -0.1) is 10.2 Å². The van der Waals surface area contributed by atoms with E-state index in [9.17, 15) is 19.2 Å². The van der Waals surface area contributed by atoms with Crippen molar-refractivity contribution in [3.05, 3.63) is 29.8 Å². The molecule has 1 aromatic heterocycles. The van der Waals surface area contributed by atoms with Crippen LogP contribution < -0.4 is 5.84 Å². The lowest BCUT2D eigenvalue weighted by molar-refractivity contribution is -0.237. The zero-order valence-corrected chi connectivity index (χ0v) is 21.7. The molecule has 2 heterocycles. The van der Waals surface area contributed by atoms with Gasteiger partial charge in [-0.05, 0) is 18.7 Å². The van der Waals surface area contributed by atoms with Crippen LogP contribution in [0.3, 0.4) is 0 Å². The number of carbonyl (C=O) groups excluding carboxylic acids is 4. The maximum absolute atomic E-state index is 12.0. The maximum atomic E-state index is 12.0. The van der Waals surface area contributed by atoms with Gasteiger partial charge < -0.3 is 29.5 Å². The number of esters is 4. The summed E-state index contributed by atoms with van der Waals surface area (Å²) >= 11 is 0.942. The van der Waals surface area contributed by atoms with Crippen LogP contribution in [-0.4, -0.2) is 75.2 Å². The highest BCUT2D eigenvalue weighted by Crippen LogP contribution is 2.37. The molecule has 200 valence electrons. The molecule has 1 saturated heterocycles. The highest BCUT2D eigenvalue weighted by atomic mass is 32.2. The lowest BCUT2D eigenvalue weighted by Crippen LogP contribution is -2.61. The van der Waals surface area contributed by atoms with Crippen molar-refractivity contribution in [1.29, 1.82) is 0 Å². The van der Waals surface area contributed by atoms with E-state index in [2.05, 4.69) is 10.2 Å². The van der Waals surface area contributed by atoms with Crippen LogP contribution in [0.2, 0.25) is 0 Å². The van der Waals surface area contributed by atoms with Crippen molar-refractivity contribution in [3.8, 4) is 11.4 Å². The predicted molar refractivity (Wildman–Crippen MR) is 128 cm³/mol. The van der Waals surface area contributed by atoms with E-state index < -0.39 is 53.7 Å². The van der Waals surface area contributed by atoms with Crippen LogP contribution in [0.5, 0.6) is 0 Å². The number of hydrogen-bond donors (Lipinski definition) is 1. The summed E-state index contributed by atoms with van der Waals surface area (Å²) in [5.41, 5.74) is 0.700. The molecule has 2 aromatic rings. The first kappa shape index (κ1) is 27.9. The van der Waals surface area contributed by atoms with E-state index in [4.69, 9.17) is 29.5 Å². The van der Waals surface area contributed by atoms with E-state index in [1.54, 1.807) is 0 Å². The molecule has 0 saturated carbocycles. The first-order chi connectivity index (χ1) is 17.5. The number of nitrogen functional groups attached to an aromatic ring is 1. The van der Waals surface area contributed by atoms with Crippen molar-refractivity contribution in [3.63, 3.8) is 0 Å². The van der Waals surface area contributed by atoms with Crippen LogP contribution in [0.15, 0.2) is 29.4 Å². The average Bonchev–Trinajstić information content (AvgIpc) is 3.16. The molecule has 2 N–H and O–H groups in total. The van der Waals surface area contributed by atoms with Crippen LogP contribution in [0.1, 0.15) is 33.3 Å². The van der Waals surface area contributed by atoms with Crippen molar-refractivity contribution < 1.29 is 42.9 Å². The van der Waals surface area contributed by atoms with E-state index >= 15 is 0 Å². The van der Waals surface area contributed by atoms with E-state index in [0.29, 0.717) is 11.4 Å². The Morgan fingerprint density at radius 3 is 2.03 bits per heavy atom. The summed E-state index contributed by atoms with van der Waals surface area (Å²) in [7, 11) is 0. The second kappa shape index (κ2) is 12.1. The van der Waals surface area contributed by atoms with Gasteiger partial charge >= 0.3 is 23.9 Å². The quantitative estimate of drug-likeness (QED) is 0.289. The number of carbonyl (C=O) groups is 4. The predicted octanol–water partition coefficient (Wildman–Crippen LogP) is 1.14. The molecule has 1 aliphatic rings. The highest BCUT2D eigenvalue weighted by molar-refractivity contribution is 7.99. The Kier molecular flexibility index (Phi) is 9.10. The Labute approximate surface area is 216 Å². The van der Waals surface area contributed by atoms with Crippen molar-refractivity contribution in [2.75, 3.05) is 12.4 Å². The fraction of sp³-hybridized carbons (Fsp3) is 0.478. The molecular formula is C23H28N4O9S. The lowest BCUT2D eigenvalue weighted by atomic mass is 9.99. The van der Waals surface area contributed by atoms with E-state index in [0.717, 1.165) is 31.2 Å². The number of benzene rings is 1. The van der Waals surface area contributed by atoms with Crippen LogP contribution in [0.4, 0.5) is 0 Å². The van der Waals surface area contributed by atoms with Crippen LogP contribution >= 0.6 is 11.8 Å². The third-order valence-electron chi connectivity index (χ3n) is 5.14. The summed E-state index contributed by atoms with van der Waals surface area (Å²) in [4.78, 5) is 47.3. The molecule has 5 atom stereocenters. The van der Waals surface area contributed by atoms with Gasteiger partial charge in [-0.1, -0.05) is 29.8 Å². The van der Waals surface area contributed by atoms with Crippen molar-refractivity contribution in [1.82, 2.24) is 14.9 Å². The third-order valence-corrected chi connectivity index (χ3v) is 6.24. The number of hydrogen-bond acceptors (Lipinski definition) is 13. The van der Waals surface area contributed by atoms with Gasteiger partial charge in [0.05, 0.1) is 0 Å². The van der Waals surface area contributed by atoms with Crippen molar-refractivity contribution in [2.24, 2.45) is 0 Å². The summed E-state index contributed by atoms with van der Waals surface area (Å²) in [5, 5.41) is 8.47. The second-order valence-corrected chi connectivity index (χ2v) is 9.29. The second-order valence-electron chi connectivity index (χ2n) is 8.23. The smallest absolute Gasteiger partial charge is 0.303 e. The summed E-state index contributed by atoms with van der Waals surface area (Å²) < 4.78 is 28.7. The Hall–Kier alpha value is -3.65. The zero-order valence-electron chi connectivity index (χ0n) is 20.9. The van der Waals surface area contributed by atoms with Gasteiger partial charge in [0.2, 0.25) is 5.16 Å². The molecule has 0 bridgehead atoms. The summed E-state index contributed by atoms with van der Waals surface area (Å²) in [5.74, 6) is 3.89. The van der Waals surface area contributed by atoms with E-state index in [1.807, 2.05) is 31.2 Å². The lowest BCUT2D eigenvalue weighted by Gasteiger charge is -2.43. The van der Waals surface area contributed by atoms with Gasteiger partial charge in [0, 0.05) is 33.3 Å². The van der Waals surface area contributed by atoms with Gasteiger partial charge in [0.25, 0.3) is 0 Å². The van der Waals surface area contributed by atoms with E-state index in [1.165, 1.54) is 18.5 Å². The number of rotatable bonds is 8. The minimum atomic E-state index is -1.29. The minimum absolute atomic E-state index is 0.191. The molecule has 0 spiro atoms. The molecule has 0 aliphatic carbocycles. The third kappa shape index (κ3) is 7.20. The van der Waals surface area contributed by atoms with Crippen LogP contribution in [0, 0.1) is 6.92 Å². The topological polar surface area (TPSA) is 171 Å². The molecule has 1 aliphatic heterocycles. The minimum Gasteiger partial charge on any atom is -0.463 e. The Bertz CT molecular complexity index is 1150. The highest BCUT2D eigenvalue weighted by Gasteiger charge is 2.52. The van der Waals surface area contributed by atoms with Gasteiger partial charge in [-0.3, -0.25) is 19.2 Å².